The fourth-order valence-corrected chi connectivity index (χ4v) is 4.41. The normalized spacial score (nSPS) is 10.4. The van der Waals surface area contributed by atoms with Crippen LogP contribution in [0.5, 0.6) is 5.75 Å². The van der Waals surface area contributed by atoms with Crippen LogP contribution in [0.1, 0.15) is 15.9 Å². The number of nitro groups is 1. The van der Waals surface area contributed by atoms with Crippen molar-refractivity contribution in [2.75, 3.05) is 7.11 Å². The van der Waals surface area contributed by atoms with Crippen LogP contribution in [0.25, 0.3) is 22.4 Å². The van der Waals surface area contributed by atoms with E-state index in [2.05, 4.69) is 11.1 Å². The van der Waals surface area contributed by atoms with Crippen molar-refractivity contribution in [3.05, 3.63) is 99.9 Å². The topological polar surface area (TPSA) is 106 Å². The molecule has 3 aromatic carbocycles. The molecule has 0 saturated carbocycles. The lowest BCUT2D eigenvalue weighted by Crippen LogP contribution is -1.98. The quantitative estimate of drug-likeness (QED) is 0.172. The molecule has 1 heterocycles. The van der Waals surface area contributed by atoms with Gasteiger partial charge in [-0.25, -0.2) is 9.37 Å². The summed E-state index contributed by atoms with van der Waals surface area (Å²) in [7, 11) is 1.55. The number of halogens is 1. The molecular weight excluding hydrogens is 469 g/mol. The van der Waals surface area contributed by atoms with Gasteiger partial charge in [0.1, 0.15) is 22.7 Å². The molecule has 35 heavy (non-hydrogen) atoms. The second-order valence-corrected chi connectivity index (χ2v) is 8.29. The summed E-state index contributed by atoms with van der Waals surface area (Å²) in [6.07, 6.45) is 0.506. The van der Waals surface area contributed by atoms with Gasteiger partial charge >= 0.3 is 0 Å². The number of carbonyl (C=O) groups excluding carboxylic acids is 1. The van der Waals surface area contributed by atoms with Gasteiger partial charge in [-0.05, 0) is 42.5 Å². The highest BCUT2D eigenvalue weighted by Gasteiger charge is 2.20. The van der Waals surface area contributed by atoms with E-state index in [4.69, 9.17) is 4.74 Å². The highest BCUT2D eigenvalue weighted by Crippen LogP contribution is 2.39. The molecule has 0 N–H and O–H groups in total. The van der Waals surface area contributed by atoms with E-state index >= 15 is 0 Å². The van der Waals surface area contributed by atoms with Gasteiger partial charge in [0.15, 0.2) is 6.29 Å². The van der Waals surface area contributed by atoms with Crippen LogP contribution in [0, 0.1) is 27.3 Å². The van der Waals surface area contributed by atoms with Crippen LogP contribution < -0.4 is 4.74 Å². The lowest BCUT2D eigenvalue weighted by molar-refractivity contribution is -0.384. The summed E-state index contributed by atoms with van der Waals surface area (Å²) < 4.78 is 20.0. The molecule has 0 spiro atoms. The first-order valence-electron chi connectivity index (χ1n) is 10.2. The van der Waals surface area contributed by atoms with Gasteiger partial charge in [0.25, 0.3) is 5.69 Å². The second kappa shape index (κ2) is 10.2. The third-order valence-corrected chi connectivity index (χ3v) is 6.27. The van der Waals surface area contributed by atoms with E-state index in [1.807, 2.05) is 0 Å². The van der Waals surface area contributed by atoms with Crippen molar-refractivity contribution in [1.82, 2.24) is 4.98 Å². The van der Waals surface area contributed by atoms with E-state index in [9.17, 15) is 24.6 Å². The van der Waals surface area contributed by atoms with E-state index in [0.29, 0.717) is 33.8 Å². The summed E-state index contributed by atoms with van der Waals surface area (Å²) in [5.74, 6) is 0.142. The molecule has 172 valence electrons. The van der Waals surface area contributed by atoms with Crippen molar-refractivity contribution in [3.8, 4) is 34.2 Å². The Morgan fingerprint density at radius 1 is 1.09 bits per heavy atom. The number of ether oxygens (including phenoxy) is 1. The molecule has 0 atom stereocenters. The molecule has 0 fully saturated rings. The van der Waals surface area contributed by atoms with Gasteiger partial charge in [0.2, 0.25) is 0 Å². The molecule has 1 aromatic heterocycles. The zero-order chi connectivity index (χ0) is 24.9. The summed E-state index contributed by atoms with van der Waals surface area (Å²) in [5.41, 5.74) is 1.70. The van der Waals surface area contributed by atoms with Gasteiger partial charge in [-0.15, -0.1) is 0 Å². The molecule has 0 aliphatic carbocycles. The summed E-state index contributed by atoms with van der Waals surface area (Å²) >= 11 is 1.01. The van der Waals surface area contributed by atoms with E-state index in [1.54, 1.807) is 55.6 Å². The van der Waals surface area contributed by atoms with Gasteiger partial charge in [-0.2, -0.15) is 5.26 Å². The Morgan fingerprint density at radius 2 is 1.83 bits per heavy atom. The van der Waals surface area contributed by atoms with Crippen LogP contribution in [-0.2, 0) is 0 Å². The number of aldehydes is 1. The smallest absolute Gasteiger partial charge is 0.270 e. The third kappa shape index (κ3) is 4.88. The highest BCUT2D eigenvalue weighted by atomic mass is 32.2. The van der Waals surface area contributed by atoms with Crippen LogP contribution in [0.15, 0.2) is 82.7 Å². The number of hydrogen-bond donors (Lipinski definition) is 0. The number of non-ortho nitro benzene ring substituents is 1. The van der Waals surface area contributed by atoms with Crippen molar-refractivity contribution < 1.29 is 18.8 Å². The molecule has 0 aliphatic heterocycles. The fraction of sp³-hybridized carbons (Fsp3) is 0.0385. The minimum absolute atomic E-state index is 0.0807. The molecule has 0 saturated heterocycles. The number of nitrogens with zero attached hydrogens (tertiary/aromatic N) is 3. The van der Waals surface area contributed by atoms with Crippen LogP contribution in [0.4, 0.5) is 10.1 Å². The van der Waals surface area contributed by atoms with Crippen molar-refractivity contribution in [2.45, 2.75) is 9.92 Å². The Balaban J connectivity index is 1.93. The van der Waals surface area contributed by atoms with Gasteiger partial charge in [0.05, 0.1) is 23.3 Å². The predicted octanol–water partition coefficient (Wildman–Crippen LogP) is 6.31. The molecule has 4 rings (SSSR count). The monoisotopic (exact) mass is 485 g/mol. The summed E-state index contributed by atoms with van der Waals surface area (Å²) in [6, 6.07) is 20.8. The molecule has 0 radical (unpaired) electrons. The highest BCUT2D eigenvalue weighted by molar-refractivity contribution is 7.99. The lowest BCUT2D eigenvalue weighted by Gasteiger charge is -2.14. The van der Waals surface area contributed by atoms with Crippen molar-refractivity contribution in [2.24, 2.45) is 0 Å². The second-order valence-electron chi connectivity index (χ2n) is 7.25. The Labute approximate surface area is 204 Å². The Kier molecular flexibility index (Phi) is 6.85. The summed E-state index contributed by atoms with van der Waals surface area (Å²) in [6.45, 7) is 0. The largest absolute Gasteiger partial charge is 0.497 e. The van der Waals surface area contributed by atoms with Crippen molar-refractivity contribution in [3.63, 3.8) is 0 Å². The number of carbonyl (C=O) groups is 1. The zero-order valence-electron chi connectivity index (χ0n) is 18.3. The number of nitro benzene ring substituents is 1. The fourth-order valence-electron chi connectivity index (χ4n) is 3.44. The molecule has 9 heteroatoms. The van der Waals surface area contributed by atoms with Crippen molar-refractivity contribution >= 4 is 23.7 Å². The molecule has 4 aromatic rings. The number of pyridine rings is 1. The lowest BCUT2D eigenvalue weighted by atomic mass is 9.99. The molecule has 0 aliphatic rings. The van der Waals surface area contributed by atoms with Gasteiger partial charge < -0.3 is 4.74 Å². The van der Waals surface area contributed by atoms with E-state index in [0.717, 1.165) is 17.8 Å². The molecule has 0 unspecified atom stereocenters. The number of methoxy groups -OCH3 is 1. The minimum atomic E-state index is -0.596. The molecular formula is C26H16FN3O4S. The van der Waals surface area contributed by atoms with Crippen LogP contribution in [-0.4, -0.2) is 23.3 Å². The molecule has 0 bridgehead atoms. The van der Waals surface area contributed by atoms with Crippen molar-refractivity contribution in [1.29, 1.82) is 5.26 Å². The first kappa shape index (κ1) is 23.6. The Hall–Kier alpha value is -4.55. The maximum absolute atomic E-state index is 14.8. The average molecular weight is 485 g/mol. The van der Waals surface area contributed by atoms with Crippen LogP contribution in [0.3, 0.4) is 0 Å². The summed E-state index contributed by atoms with van der Waals surface area (Å²) in [5, 5.41) is 21.3. The Bertz CT molecular complexity index is 1480. The standard InChI is InChI=1S/C26H16FN3O4S/c1-34-19-9-6-16(7-10-19)24-13-21(20-4-2-3-5-23(20)27)22(14-28)26(29-24)35-25-11-8-18(30(32)33)12-17(25)15-31/h2-13,15H,1H3. The average Bonchev–Trinajstić information content (AvgIpc) is 2.88. The van der Waals surface area contributed by atoms with Gasteiger partial charge in [0, 0.05) is 39.3 Å². The molecule has 7 nitrogen and oxygen atoms in total. The number of benzene rings is 3. The predicted molar refractivity (Wildman–Crippen MR) is 129 cm³/mol. The molecule has 0 amide bonds. The zero-order valence-corrected chi connectivity index (χ0v) is 19.1. The first-order valence-corrected chi connectivity index (χ1v) is 11.0. The van der Waals surface area contributed by atoms with Gasteiger partial charge in [-0.3, -0.25) is 14.9 Å². The number of aromatic nitrogens is 1. The number of nitriles is 1. The van der Waals surface area contributed by atoms with Crippen LogP contribution in [0.2, 0.25) is 0 Å². The van der Waals surface area contributed by atoms with Crippen LogP contribution >= 0.6 is 11.8 Å². The third-order valence-electron chi connectivity index (χ3n) is 5.19. The number of hydrogen-bond acceptors (Lipinski definition) is 7. The Morgan fingerprint density at radius 3 is 2.46 bits per heavy atom. The number of rotatable bonds is 7. The van der Waals surface area contributed by atoms with E-state index in [-0.39, 0.29) is 27.4 Å². The first-order chi connectivity index (χ1) is 16.9. The van der Waals surface area contributed by atoms with Gasteiger partial charge in [-0.1, -0.05) is 30.0 Å². The maximum Gasteiger partial charge on any atom is 0.270 e. The maximum atomic E-state index is 14.8. The van der Waals surface area contributed by atoms with E-state index < -0.39 is 10.7 Å². The summed E-state index contributed by atoms with van der Waals surface area (Å²) in [4.78, 5) is 27.2. The van der Waals surface area contributed by atoms with E-state index in [1.165, 1.54) is 18.2 Å². The SMILES string of the molecule is COc1ccc(-c2cc(-c3ccccc3F)c(C#N)c(Sc3ccc([N+](=O)[O-])cc3C=O)n2)cc1. The minimum Gasteiger partial charge on any atom is -0.497 e.